The van der Waals surface area contributed by atoms with Crippen LogP contribution < -0.4 is 10.4 Å². The van der Waals surface area contributed by atoms with E-state index in [0.717, 1.165) is 5.56 Å². The van der Waals surface area contributed by atoms with Crippen LogP contribution in [0.5, 0.6) is 5.75 Å². The summed E-state index contributed by atoms with van der Waals surface area (Å²) in [5, 5.41) is 0.444. The van der Waals surface area contributed by atoms with Gasteiger partial charge in [-0.1, -0.05) is 17.7 Å². The number of ether oxygens (including phenoxy) is 1. The molecule has 0 atom stereocenters. The van der Waals surface area contributed by atoms with Crippen molar-refractivity contribution in [3.63, 3.8) is 0 Å². The highest BCUT2D eigenvalue weighted by Crippen LogP contribution is 2.23. The monoisotopic (exact) mass is 295 g/mol. The van der Waals surface area contributed by atoms with E-state index in [0.29, 0.717) is 22.2 Å². The second kappa shape index (κ2) is 5.44. The molecule has 110 valence electrons. The third kappa shape index (κ3) is 2.74. The quantitative estimate of drug-likeness (QED) is 0.536. The molecule has 0 bridgehead atoms. The van der Waals surface area contributed by atoms with Gasteiger partial charge in [0, 0.05) is 12.5 Å². The molecule has 0 aliphatic carbocycles. The predicted molar refractivity (Wildman–Crippen MR) is 81.8 cm³/mol. The van der Waals surface area contributed by atoms with Crippen molar-refractivity contribution in [1.82, 2.24) is 4.98 Å². The lowest BCUT2D eigenvalue weighted by molar-refractivity contribution is -0.131. The fraction of sp³-hybridized carbons (Fsp3) is 0.118. The second-order valence-corrected chi connectivity index (χ2v) is 4.95. The summed E-state index contributed by atoms with van der Waals surface area (Å²) in [7, 11) is 0. The first kappa shape index (κ1) is 14.0. The number of benzene rings is 2. The van der Waals surface area contributed by atoms with Gasteiger partial charge >= 0.3 is 11.6 Å². The molecule has 1 aromatic heterocycles. The second-order valence-electron chi connectivity index (χ2n) is 4.95. The maximum Gasteiger partial charge on any atom is 0.347 e. The number of hydrogen-bond donors (Lipinski definition) is 0. The van der Waals surface area contributed by atoms with E-state index in [9.17, 15) is 9.59 Å². The molecule has 3 aromatic rings. The van der Waals surface area contributed by atoms with Crippen LogP contribution in [0, 0.1) is 6.92 Å². The molecule has 0 radical (unpaired) electrons. The van der Waals surface area contributed by atoms with Crippen LogP contribution in [0.15, 0.2) is 51.7 Å². The summed E-state index contributed by atoms with van der Waals surface area (Å²) >= 11 is 0. The molecule has 5 heteroatoms. The Hall–Kier alpha value is -2.95. The smallest absolute Gasteiger partial charge is 0.347 e. The van der Waals surface area contributed by atoms with E-state index < -0.39 is 11.6 Å². The highest BCUT2D eigenvalue weighted by Gasteiger charge is 2.10. The number of carbonyl (C=O) groups is 1. The van der Waals surface area contributed by atoms with Crippen molar-refractivity contribution >= 4 is 16.9 Å². The number of nitrogens with zero attached hydrogens (tertiary/aromatic N) is 1. The van der Waals surface area contributed by atoms with Crippen LogP contribution in [0.1, 0.15) is 12.5 Å². The molecule has 22 heavy (non-hydrogen) atoms. The first-order valence-electron chi connectivity index (χ1n) is 6.73. The van der Waals surface area contributed by atoms with Gasteiger partial charge in [0.2, 0.25) is 5.89 Å². The molecule has 0 saturated heterocycles. The molecule has 0 fully saturated rings. The van der Waals surface area contributed by atoms with Crippen LogP contribution in [0.25, 0.3) is 22.4 Å². The van der Waals surface area contributed by atoms with Crippen LogP contribution in [0.4, 0.5) is 0 Å². The summed E-state index contributed by atoms with van der Waals surface area (Å²) in [5.41, 5.74) is 1.65. The van der Waals surface area contributed by atoms with Gasteiger partial charge in [0.1, 0.15) is 5.75 Å². The van der Waals surface area contributed by atoms with E-state index >= 15 is 0 Å². The minimum Gasteiger partial charge on any atom is -0.427 e. The highest BCUT2D eigenvalue weighted by molar-refractivity contribution is 5.79. The molecular formula is C17H13NO4. The molecule has 0 amide bonds. The predicted octanol–water partition coefficient (Wildman–Crippen LogP) is 3.09. The van der Waals surface area contributed by atoms with E-state index in [1.807, 2.05) is 13.0 Å². The van der Waals surface area contributed by atoms with E-state index in [1.165, 1.54) is 6.92 Å². The standard InChI is InChI=1S/C17H13NO4/c1-10-6-7-15-14(8-10)17(20)22-16(18-15)12-4-3-5-13(9-12)21-11(2)19/h3-9H,1-2H3. The zero-order valence-corrected chi connectivity index (χ0v) is 12.1. The Morgan fingerprint density at radius 1 is 1.18 bits per heavy atom. The molecule has 0 unspecified atom stereocenters. The van der Waals surface area contributed by atoms with Crippen LogP contribution in [-0.2, 0) is 4.79 Å². The molecule has 3 rings (SSSR count). The Balaban J connectivity index is 2.12. The topological polar surface area (TPSA) is 69.4 Å². The van der Waals surface area contributed by atoms with Crippen molar-refractivity contribution in [2.75, 3.05) is 0 Å². The first-order chi connectivity index (χ1) is 10.5. The van der Waals surface area contributed by atoms with E-state index in [1.54, 1.807) is 36.4 Å². The van der Waals surface area contributed by atoms with Gasteiger partial charge in [0.25, 0.3) is 0 Å². The molecule has 1 heterocycles. The molecule has 0 aliphatic rings. The lowest BCUT2D eigenvalue weighted by Crippen LogP contribution is -2.04. The molecular weight excluding hydrogens is 282 g/mol. The maximum atomic E-state index is 12.1. The average molecular weight is 295 g/mol. The summed E-state index contributed by atoms with van der Waals surface area (Å²) in [6, 6.07) is 12.1. The largest absolute Gasteiger partial charge is 0.427 e. The fourth-order valence-electron chi connectivity index (χ4n) is 2.17. The van der Waals surface area contributed by atoms with Gasteiger partial charge in [-0.3, -0.25) is 4.79 Å². The third-order valence-corrected chi connectivity index (χ3v) is 3.13. The van der Waals surface area contributed by atoms with Crippen LogP contribution in [0.3, 0.4) is 0 Å². The summed E-state index contributed by atoms with van der Waals surface area (Å²) in [5.74, 6) is 0.148. The molecule has 0 aliphatic heterocycles. The lowest BCUT2D eigenvalue weighted by atomic mass is 10.1. The molecule has 0 saturated carbocycles. The number of esters is 1. The van der Waals surface area contributed by atoms with Crippen LogP contribution >= 0.6 is 0 Å². The van der Waals surface area contributed by atoms with Crippen molar-refractivity contribution in [2.24, 2.45) is 0 Å². The molecule has 0 spiro atoms. The number of aryl methyl sites for hydroxylation is 1. The highest BCUT2D eigenvalue weighted by atomic mass is 16.5. The van der Waals surface area contributed by atoms with Crippen molar-refractivity contribution in [1.29, 1.82) is 0 Å². The van der Waals surface area contributed by atoms with Crippen LogP contribution in [0.2, 0.25) is 0 Å². The number of rotatable bonds is 2. The Kier molecular flexibility index (Phi) is 3.47. The summed E-state index contributed by atoms with van der Waals surface area (Å²) in [6.07, 6.45) is 0. The van der Waals surface area contributed by atoms with Crippen molar-refractivity contribution in [3.8, 4) is 17.2 Å². The van der Waals surface area contributed by atoms with Crippen LogP contribution in [-0.4, -0.2) is 11.0 Å². The Morgan fingerprint density at radius 2 is 2.00 bits per heavy atom. The summed E-state index contributed by atoms with van der Waals surface area (Å²) < 4.78 is 10.3. The van der Waals surface area contributed by atoms with Gasteiger partial charge in [-0.05, 0) is 37.3 Å². The zero-order valence-electron chi connectivity index (χ0n) is 12.1. The fourth-order valence-corrected chi connectivity index (χ4v) is 2.17. The number of aromatic nitrogens is 1. The third-order valence-electron chi connectivity index (χ3n) is 3.13. The Bertz CT molecular complexity index is 927. The minimum absolute atomic E-state index is 0.190. The Labute approximate surface area is 126 Å². The molecule has 2 aromatic carbocycles. The minimum atomic E-state index is -0.443. The molecule has 5 nitrogen and oxygen atoms in total. The van der Waals surface area contributed by atoms with Gasteiger partial charge < -0.3 is 9.15 Å². The summed E-state index contributed by atoms with van der Waals surface area (Å²) in [4.78, 5) is 27.5. The van der Waals surface area contributed by atoms with Crippen molar-refractivity contribution in [2.45, 2.75) is 13.8 Å². The van der Waals surface area contributed by atoms with Gasteiger partial charge in [0.05, 0.1) is 10.9 Å². The average Bonchev–Trinajstić information content (AvgIpc) is 2.47. The van der Waals surface area contributed by atoms with Gasteiger partial charge in [0.15, 0.2) is 0 Å². The van der Waals surface area contributed by atoms with Crippen molar-refractivity contribution < 1.29 is 13.9 Å². The Morgan fingerprint density at radius 3 is 2.77 bits per heavy atom. The number of carbonyl (C=O) groups excluding carboxylic acids is 1. The van der Waals surface area contributed by atoms with E-state index in [4.69, 9.17) is 9.15 Å². The SMILES string of the molecule is CC(=O)Oc1cccc(-c2nc3ccc(C)cc3c(=O)o2)c1. The van der Waals surface area contributed by atoms with Gasteiger partial charge in [-0.2, -0.15) is 0 Å². The zero-order chi connectivity index (χ0) is 15.7. The van der Waals surface area contributed by atoms with Gasteiger partial charge in [-0.15, -0.1) is 0 Å². The van der Waals surface area contributed by atoms with Crippen molar-refractivity contribution in [3.05, 3.63) is 58.4 Å². The van der Waals surface area contributed by atoms with Gasteiger partial charge in [-0.25, -0.2) is 9.78 Å². The lowest BCUT2D eigenvalue weighted by Gasteiger charge is -2.05. The number of hydrogen-bond acceptors (Lipinski definition) is 5. The first-order valence-corrected chi connectivity index (χ1v) is 6.73. The van der Waals surface area contributed by atoms with E-state index in [-0.39, 0.29) is 5.89 Å². The van der Waals surface area contributed by atoms with E-state index in [2.05, 4.69) is 4.98 Å². The number of fused-ring (bicyclic) bond motifs is 1. The molecule has 0 N–H and O–H groups in total. The normalized spacial score (nSPS) is 10.6. The maximum absolute atomic E-state index is 12.1. The summed E-state index contributed by atoms with van der Waals surface area (Å²) in [6.45, 7) is 3.22.